The molecule has 1 saturated heterocycles. The molecule has 1 aliphatic rings. The fraction of sp³-hybridized carbons (Fsp3) is 0.800. The number of hydrogen-bond acceptors (Lipinski definition) is 3. The first-order valence-corrected chi connectivity index (χ1v) is 5.58. The molecule has 1 atom stereocenters. The van der Waals surface area contributed by atoms with E-state index in [-0.39, 0.29) is 11.7 Å². The largest absolute Gasteiger partial charge is 0.374 e. The molecule has 4 heteroatoms. The average Bonchev–Trinajstić information content (AvgIpc) is 2.01. The molecule has 0 saturated carbocycles. The highest BCUT2D eigenvalue weighted by molar-refractivity contribution is 9.11. The van der Waals surface area contributed by atoms with Crippen molar-refractivity contribution in [2.75, 3.05) is 26.3 Å². The minimum Gasteiger partial charge on any atom is -0.374 e. The van der Waals surface area contributed by atoms with E-state index in [4.69, 9.17) is 9.47 Å². The molecule has 1 rings (SSSR count). The van der Waals surface area contributed by atoms with Gasteiger partial charge in [0.25, 0.3) is 0 Å². The van der Waals surface area contributed by atoms with Crippen molar-refractivity contribution in [2.24, 2.45) is 0 Å². The zero-order valence-electron chi connectivity index (χ0n) is 8.81. The second-order valence-corrected chi connectivity index (χ2v) is 5.28. The van der Waals surface area contributed by atoms with Crippen LogP contribution in [-0.2, 0) is 9.47 Å². The van der Waals surface area contributed by atoms with Crippen molar-refractivity contribution in [1.29, 1.82) is 0 Å². The zero-order valence-corrected chi connectivity index (χ0v) is 10.4. The van der Waals surface area contributed by atoms with Crippen molar-refractivity contribution in [3.63, 3.8) is 0 Å². The molecule has 1 fully saturated rings. The summed E-state index contributed by atoms with van der Waals surface area (Å²) in [7, 11) is 0. The lowest BCUT2D eigenvalue weighted by atomic mass is 10.1. The monoisotopic (exact) mass is 263 g/mol. The maximum Gasteiger partial charge on any atom is 0.0940 e. The maximum absolute atomic E-state index is 5.82. The van der Waals surface area contributed by atoms with Crippen LogP contribution >= 0.6 is 15.9 Å². The van der Waals surface area contributed by atoms with E-state index in [9.17, 15) is 0 Å². The molecule has 3 nitrogen and oxygen atoms in total. The molecule has 1 N–H and O–H groups in total. The van der Waals surface area contributed by atoms with Crippen LogP contribution < -0.4 is 5.32 Å². The van der Waals surface area contributed by atoms with Gasteiger partial charge in [0.15, 0.2) is 0 Å². The molecule has 0 spiro atoms. The Morgan fingerprint density at radius 1 is 1.71 bits per heavy atom. The van der Waals surface area contributed by atoms with E-state index in [1.165, 1.54) is 0 Å². The molecule has 1 unspecified atom stereocenters. The smallest absolute Gasteiger partial charge is 0.0940 e. The molecule has 0 amide bonds. The summed E-state index contributed by atoms with van der Waals surface area (Å²) in [6.45, 7) is 10.8. The first kappa shape index (κ1) is 12.2. The molecular formula is C10H18BrNO2. The van der Waals surface area contributed by atoms with Gasteiger partial charge < -0.3 is 14.8 Å². The summed E-state index contributed by atoms with van der Waals surface area (Å²) in [5.74, 6) is 0. The van der Waals surface area contributed by atoms with E-state index >= 15 is 0 Å². The second-order valence-electron chi connectivity index (χ2n) is 4.16. The molecule has 0 aliphatic carbocycles. The van der Waals surface area contributed by atoms with Gasteiger partial charge in [0.1, 0.15) is 0 Å². The number of nitrogens with one attached hydrogen (secondary N) is 1. The number of ether oxygens (including phenoxy) is 2. The van der Waals surface area contributed by atoms with E-state index in [1.807, 2.05) is 0 Å². The molecule has 82 valence electrons. The van der Waals surface area contributed by atoms with Crippen LogP contribution in [0.25, 0.3) is 0 Å². The van der Waals surface area contributed by atoms with Crippen LogP contribution in [-0.4, -0.2) is 38.0 Å². The Hall–Kier alpha value is 0.1000. The summed E-state index contributed by atoms with van der Waals surface area (Å²) in [6, 6.07) is 0. The predicted molar refractivity (Wildman–Crippen MR) is 60.7 cm³/mol. The second kappa shape index (κ2) is 5.26. The molecule has 1 aliphatic heterocycles. The number of halogens is 1. The van der Waals surface area contributed by atoms with Crippen LogP contribution in [0.2, 0.25) is 0 Å². The molecular weight excluding hydrogens is 246 g/mol. The van der Waals surface area contributed by atoms with E-state index < -0.39 is 0 Å². The SMILES string of the molecule is C=C(Br)COCC1CNCC(C)(C)O1. The van der Waals surface area contributed by atoms with Gasteiger partial charge in [0, 0.05) is 17.6 Å². The third-order valence-corrected chi connectivity index (χ3v) is 2.20. The van der Waals surface area contributed by atoms with Crippen molar-refractivity contribution in [3.05, 3.63) is 11.1 Å². The fourth-order valence-corrected chi connectivity index (χ4v) is 1.62. The Balaban J connectivity index is 2.21. The Bertz CT molecular complexity index is 206. The molecule has 0 aromatic heterocycles. The van der Waals surface area contributed by atoms with Crippen molar-refractivity contribution in [1.82, 2.24) is 5.32 Å². The predicted octanol–water partition coefficient (Wildman–Crippen LogP) is 1.68. The van der Waals surface area contributed by atoms with Crippen LogP contribution in [0.5, 0.6) is 0 Å². The maximum atomic E-state index is 5.82. The summed E-state index contributed by atoms with van der Waals surface area (Å²) in [5, 5.41) is 3.32. The molecule has 0 aromatic rings. The van der Waals surface area contributed by atoms with Gasteiger partial charge in [-0.3, -0.25) is 0 Å². The number of rotatable bonds is 4. The average molecular weight is 264 g/mol. The molecule has 14 heavy (non-hydrogen) atoms. The van der Waals surface area contributed by atoms with Gasteiger partial charge in [-0.2, -0.15) is 0 Å². The Kier molecular flexibility index (Phi) is 4.57. The highest BCUT2D eigenvalue weighted by Crippen LogP contribution is 2.15. The summed E-state index contributed by atoms with van der Waals surface area (Å²) < 4.78 is 12.1. The van der Waals surface area contributed by atoms with Gasteiger partial charge in [-0.25, -0.2) is 0 Å². The minimum atomic E-state index is -0.0856. The van der Waals surface area contributed by atoms with Crippen molar-refractivity contribution >= 4 is 15.9 Å². The van der Waals surface area contributed by atoms with Crippen molar-refractivity contribution in [3.8, 4) is 0 Å². The third kappa shape index (κ3) is 4.55. The Morgan fingerprint density at radius 2 is 2.43 bits per heavy atom. The molecule has 1 heterocycles. The zero-order chi connectivity index (χ0) is 10.6. The van der Waals surface area contributed by atoms with Crippen LogP contribution in [0.3, 0.4) is 0 Å². The quantitative estimate of drug-likeness (QED) is 0.838. The molecule has 0 aromatic carbocycles. The molecule has 0 radical (unpaired) electrons. The topological polar surface area (TPSA) is 30.5 Å². The fourth-order valence-electron chi connectivity index (χ4n) is 1.46. The van der Waals surface area contributed by atoms with E-state index in [0.717, 1.165) is 17.6 Å². The lowest BCUT2D eigenvalue weighted by Gasteiger charge is -2.36. The normalized spacial score (nSPS) is 26.1. The van der Waals surface area contributed by atoms with Gasteiger partial charge in [-0.1, -0.05) is 22.5 Å². The Morgan fingerprint density at radius 3 is 3.00 bits per heavy atom. The van der Waals surface area contributed by atoms with E-state index in [2.05, 4.69) is 41.7 Å². The van der Waals surface area contributed by atoms with E-state index in [1.54, 1.807) is 0 Å². The minimum absolute atomic E-state index is 0.0856. The van der Waals surface area contributed by atoms with Crippen LogP contribution in [0.15, 0.2) is 11.1 Å². The third-order valence-electron chi connectivity index (χ3n) is 1.97. The lowest BCUT2D eigenvalue weighted by Crippen LogP contribution is -2.51. The van der Waals surface area contributed by atoms with Gasteiger partial charge in [0.05, 0.1) is 24.9 Å². The van der Waals surface area contributed by atoms with Gasteiger partial charge in [0.2, 0.25) is 0 Å². The first-order chi connectivity index (χ1) is 6.49. The van der Waals surface area contributed by atoms with Gasteiger partial charge in [-0.15, -0.1) is 0 Å². The van der Waals surface area contributed by atoms with Crippen LogP contribution in [0.4, 0.5) is 0 Å². The first-order valence-electron chi connectivity index (χ1n) is 4.79. The lowest BCUT2D eigenvalue weighted by molar-refractivity contribution is -0.118. The Labute approximate surface area is 94.0 Å². The highest BCUT2D eigenvalue weighted by atomic mass is 79.9. The summed E-state index contributed by atoms with van der Waals surface area (Å²) in [6.07, 6.45) is 0.144. The van der Waals surface area contributed by atoms with E-state index in [0.29, 0.717) is 13.2 Å². The number of hydrogen-bond donors (Lipinski definition) is 1. The molecule has 0 bridgehead atoms. The standard InChI is InChI=1S/C10H18BrNO2/c1-8(11)5-13-6-9-4-12-7-10(2,3)14-9/h9,12H,1,4-7H2,2-3H3. The summed E-state index contributed by atoms with van der Waals surface area (Å²) in [5.41, 5.74) is -0.0856. The van der Waals surface area contributed by atoms with Crippen molar-refractivity contribution < 1.29 is 9.47 Å². The van der Waals surface area contributed by atoms with Crippen LogP contribution in [0, 0.1) is 0 Å². The highest BCUT2D eigenvalue weighted by Gasteiger charge is 2.28. The summed E-state index contributed by atoms with van der Waals surface area (Å²) >= 11 is 3.25. The van der Waals surface area contributed by atoms with Gasteiger partial charge in [-0.05, 0) is 13.8 Å². The number of morpholine rings is 1. The van der Waals surface area contributed by atoms with Gasteiger partial charge >= 0.3 is 0 Å². The summed E-state index contributed by atoms with van der Waals surface area (Å²) in [4.78, 5) is 0. The van der Waals surface area contributed by atoms with Crippen LogP contribution in [0.1, 0.15) is 13.8 Å². The van der Waals surface area contributed by atoms with Crippen molar-refractivity contribution in [2.45, 2.75) is 25.6 Å².